The van der Waals surface area contributed by atoms with E-state index in [0.717, 1.165) is 25.7 Å². The molecule has 0 bridgehead atoms. The lowest BCUT2D eigenvalue weighted by atomic mass is 9.96. The van der Waals surface area contributed by atoms with Crippen LogP contribution in [0, 0.1) is 0 Å². The lowest BCUT2D eigenvalue weighted by Gasteiger charge is -2.23. The largest absolute Gasteiger partial charge is 0.392 e. The summed E-state index contributed by atoms with van der Waals surface area (Å²) >= 11 is 0. The number of urea groups is 1. The average molecular weight is 269 g/mol. The maximum absolute atomic E-state index is 11.7. The molecule has 0 unspecified atom stereocenters. The van der Waals surface area contributed by atoms with Gasteiger partial charge in [-0.2, -0.15) is 0 Å². The summed E-state index contributed by atoms with van der Waals surface area (Å²) < 4.78 is 0. The topological polar surface area (TPSA) is 81.7 Å². The summed E-state index contributed by atoms with van der Waals surface area (Å²) in [4.78, 5) is 25.2. The standard InChI is InChI=1S/C13H23N3O3/c17-11-6-7-16(8-11)9-12(18)15-13(19)14-10-4-2-1-3-5-10/h10-11,17H,1-9H2,(H2,14,15,18,19)/t11-/m1/s1. The van der Waals surface area contributed by atoms with Gasteiger partial charge >= 0.3 is 6.03 Å². The van der Waals surface area contributed by atoms with Gasteiger partial charge in [0.25, 0.3) is 0 Å². The van der Waals surface area contributed by atoms with Crippen LogP contribution in [0.2, 0.25) is 0 Å². The van der Waals surface area contributed by atoms with Crippen LogP contribution in [0.5, 0.6) is 0 Å². The first kappa shape index (κ1) is 14.3. The van der Waals surface area contributed by atoms with E-state index in [2.05, 4.69) is 10.6 Å². The molecule has 108 valence electrons. The Bertz CT molecular complexity index is 312. The van der Waals surface area contributed by atoms with Crippen molar-refractivity contribution in [2.75, 3.05) is 19.6 Å². The molecule has 19 heavy (non-hydrogen) atoms. The minimum Gasteiger partial charge on any atom is -0.392 e. The van der Waals surface area contributed by atoms with E-state index in [1.54, 1.807) is 0 Å². The third-order valence-corrected chi connectivity index (χ3v) is 3.81. The van der Waals surface area contributed by atoms with Crippen LogP contribution in [0.15, 0.2) is 0 Å². The van der Waals surface area contributed by atoms with E-state index in [4.69, 9.17) is 0 Å². The molecule has 2 rings (SSSR count). The van der Waals surface area contributed by atoms with Gasteiger partial charge in [-0.1, -0.05) is 19.3 Å². The highest BCUT2D eigenvalue weighted by molar-refractivity contribution is 5.95. The van der Waals surface area contributed by atoms with Crippen molar-refractivity contribution in [3.05, 3.63) is 0 Å². The fourth-order valence-corrected chi connectivity index (χ4v) is 2.79. The smallest absolute Gasteiger partial charge is 0.321 e. The van der Waals surface area contributed by atoms with Gasteiger partial charge in [0.05, 0.1) is 12.6 Å². The van der Waals surface area contributed by atoms with Crippen molar-refractivity contribution < 1.29 is 14.7 Å². The third kappa shape index (κ3) is 4.80. The summed E-state index contributed by atoms with van der Waals surface area (Å²) in [6, 6.07) is -0.188. The summed E-state index contributed by atoms with van der Waals surface area (Å²) in [5, 5.41) is 14.6. The summed E-state index contributed by atoms with van der Waals surface area (Å²) in [7, 11) is 0. The minimum atomic E-state index is -0.392. The molecule has 0 aromatic heterocycles. The first-order chi connectivity index (χ1) is 9.13. The van der Waals surface area contributed by atoms with E-state index >= 15 is 0 Å². The molecule has 0 radical (unpaired) electrons. The van der Waals surface area contributed by atoms with Gasteiger partial charge in [0.2, 0.25) is 5.91 Å². The summed E-state index contributed by atoms with van der Waals surface area (Å²) in [6.45, 7) is 1.39. The molecule has 0 aromatic carbocycles. The number of carbonyl (C=O) groups excluding carboxylic acids is 2. The van der Waals surface area contributed by atoms with Crippen molar-refractivity contribution in [1.82, 2.24) is 15.5 Å². The zero-order valence-corrected chi connectivity index (χ0v) is 11.2. The zero-order chi connectivity index (χ0) is 13.7. The SMILES string of the molecule is O=C(CN1CC[C@@H](O)C1)NC(=O)NC1CCCCC1. The molecular weight excluding hydrogens is 246 g/mol. The van der Waals surface area contributed by atoms with Crippen molar-refractivity contribution in [3.8, 4) is 0 Å². The number of rotatable bonds is 3. The maximum Gasteiger partial charge on any atom is 0.321 e. The molecule has 3 amide bonds. The third-order valence-electron chi connectivity index (χ3n) is 3.81. The second kappa shape index (κ2) is 6.86. The lowest BCUT2D eigenvalue weighted by molar-refractivity contribution is -0.121. The van der Waals surface area contributed by atoms with Crippen LogP contribution in [-0.4, -0.2) is 53.7 Å². The number of nitrogens with one attached hydrogen (secondary N) is 2. The van der Waals surface area contributed by atoms with Gasteiger partial charge in [-0.3, -0.25) is 15.0 Å². The van der Waals surface area contributed by atoms with Crippen molar-refractivity contribution in [3.63, 3.8) is 0 Å². The van der Waals surface area contributed by atoms with E-state index in [9.17, 15) is 14.7 Å². The monoisotopic (exact) mass is 269 g/mol. The highest BCUT2D eigenvalue weighted by atomic mass is 16.3. The van der Waals surface area contributed by atoms with Crippen molar-refractivity contribution in [2.45, 2.75) is 50.7 Å². The van der Waals surface area contributed by atoms with Crippen LogP contribution in [0.1, 0.15) is 38.5 Å². The quantitative estimate of drug-likeness (QED) is 0.684. The number of likely N-dealkylation sites (tertiary alicyclic amines) is 1. The summed E-state index contributed by atoms with van der Waals surface area (Å²) in [5.74, 6) is -0.303. The number of nitrogens with zero attached hydrogens (tertiary/aromatic N) is 1. The first-order valence-corrected chi connectivity index (χ1v) is 7.14. The number of hydrogen-bond acceptors (Lipinski definition) is 4. The number of aliphatic hydroxyl groups excluding tert-OH is 1. The Morgan fingerprint density at radius 1 is 1.16 bits per heavy atom. The molecule has 1 saturated carbocycles. The summed E-state index contributed by atoms with van der Waals surface area (Å²) in [6.07, 6.45) is 5.87. The molecule has 3 N–H and O–H groups in total. The average Bonchev–Trinajstić information content (AvgIpc) is 2.75. The lowest BCUT2D eigenvalue weighted by Crippen LogP contribution is -2.47. The predicted octanol–water partition coefficient (Wildman–Crippen LogP) is 0.212. The fraction of sp³-hybridized carbons (Fsp3) is 0.846. The molecule has 6 nitrogen and oxygen atoms in total. The van der Waals surface area contributed by atoms with Crippen LogP contribution in [-0.2, 0) is 4.79 Å². The second-order valence-electron chi connectivity index (χ2n) is 5.53. The maximum atomic E-state index is 11.7. The first-order valence-electron chi connectivity index (χ1n) is 7.14. The van der Waals surface area contributed by atoms with Gasteiger partial charge in [0.1, 0.15) is 0 Å². The van der Waals surface area contributed by atoms with Gasteiger partial charge in [-0.25, -0.2) is 4.79 Å². The van der Waals surface area contributed by atoms with E-state index in [-0.39, 0.29) is 24.6 Å². The molecule has 1 atom stereocenters. The van der Waals surface area contributed by atoms with Crippen molar-refractivity contribution in [2.24, 2.45) is 0 Å². The predicted molar refractivity (Wildman–Crippen MR) is 70.6 cm³/mol. The van der Waals surface area contributed by atoms with Crippen LogP contribution in [0.25, 0.3) is 0 Å². The van der Waals surface area contributed by atoms with E-state index in [1.165, 1.54) is 6.42 Å². The molecule has 6 heteroatoms. The fourth-order valence-electron chi connectivity index (χ4n) is 2.79. The molecule has 2 fully saturated rings. The number of imide groups is 1. The van der Waals surface area contributed by atoms with Gasteiger partial charge in [0.15, 0.2) is 0 Å². The van der Waals surface area contributed by atoms with Gasteiger partial charge in [-0.15, -0.1) is 0 Å². The van der Waals surface area contributed by atoms with Crippen LogP contribution < -0.4 is 10.6 Å². The number of β-amino-alcohol motifs (C(OH)–C–C–N with tert-alkyl or cyclic N) is 1. The van der Waals surface area contributed by atoms with Crippen LogP contribution in [0.4, 0.5) is 4.79 Å². The normalized spacial score (nSPS) is 25.2. The minimum absolute atomic E-state index is 0.176. The molecular formula is C13H23N3O3. The number of hydrogen-bond donors (Lipinski definition) is 3. The molecule has 1 aliphatic heterocycles. The van der Waals surface area contributed by atoms with Gasteiger partial charge in [0, 0.05) is 19.1 Å². The summed E-state index contributed by atoms with van der Waals surface area (Å²) in [5.41, 5.74) is 0. The van der Waals surface area contributed by atoms with Crippen molar-refractivity contribution >= 4 is 11.9 Å². The molecule has 0 spiro atoms. The zero-order valence-electron chi connectivity index (χ0n) is 11.2. The van der Waals surface area contributed by atoms with E-state index in [0.29, 0.717) is 19.5 Å². The molecule has 2 aliphatic rings. The van der Waals surface area contributed by atoms with Crippen LogP contribution >= 0.6 is 0 Å². The number of amides is 3. The Hall–Kier alpha value is -1.14. The number of carbonyl (C=O) groups is 2. The number of aliphatic hydroxyl groups is 1. The Morgan fingerprint density at radius 2 is 1.89 bits per heavy atom. The van der Waals surface area contributed by atoms with E-state index in [1.807, 2.05) is 4.90 Å². The Morgan fingerprint density at radius 3 is 2.53 bits per heavy atom. The molecule has 1 heterocycles. The van der Waals surface area contributed by atoms with Gasteiger partial charge in [-0.05, 0) is 19.3 Å². The molecule has 1 saturated heterocycles. The highest BCUT2D eigenvalue weighted by Crippen LogP contribution is 2.17. The Kier molecular flexibility index (Phi) is 5.15. The molecule has 1 aliphatic carbocycles. The molecule has 0 aromatic rings. The van der Waals surface area contributed by atoms with Gasteiger partial charge < -0.3 is 10.4 Å². The van der Waals surface area contributed by atoms with Crippen LogP contribution in [0.3, 0.4) is 0 Å². The Balaban J connectivity index is 1.65. The highest BCUT2D eigenvalue weighted by Gasteiger charge is 2.23. The van der Waals surface area contributed by atoms with E-state index < -0.39 is 6.03 Å². The van der Waals surface area contributed by atoms with Crippen molar-refractivity contribution in [1.29, 1.82) is 0 Å². The second-order valence-corrected chi connectivity index (χ2v) is 5.53. The Labute approximate surface area is 113 Å².